The van der Waals surface area contributed by atoms with Gasteiger partial charge in [0.1, 0.15) is 5.69 Å². The molecule has 0 aromatic carbocycles. The summed E-state index contributed by atoms with van der Waals surface area (Å²) in [6.07, 6.45) is 2.18. The monoisotopic (exact) mass is 264 g/mol. The molecule has 0 aliphatic carbocycles. The van der Waals surface area contributed by atoms with Gasteiger partial charge in [0.2, 0.25) is 0 Å². The van der Waals surface area contributed by atoms with Gasteiger partial charge >= 0.3 is 0 Å². The number of amides is 1. The van der Waals surface area contributed by atoms with E-state index >= 15 is 0 Å². The zero-order valence-corrected chi connectivity index (χ0v) is 12.3. The van der Waals surface area contributed by atoms with Crippen LogP contribution in [0.25, 0.3) is 0 Å². The van der Waals surface area contributed by atoms with Gasteiger partial charge in [0.15, 0.2) is 0 Å². The van der Waals surface area contributed by atoms with Crippen molar-refractivity contribution < 1.29 is 4.79 Å². The maximum absolute atomic E-state index is 12.4. The number of rotatable bonds is 2. The Morgan fingerprint density at radius 2 is 2.26 bits per heavy atom. The summed E-state index contributed by atoms with van der Waals surface area (Å²) in [5, 5.41) is 10.4. The first-order chi connectivity index (χ1) is 8.91. The van der Waals surface area contributed by atoms with Crippen LogP contribution in [0.2, 0.25) is 0 Å². The molecule has 1 aliphatic heterocycles. The van der Waals surface area contributed by atoms with Gasteiger partial charge in [-0.25, -0.2) is 0 Å². The number of carbonyl (C=O) groups is 1. The van der Waals surface area contributed by atoms with E-state index in [1.165, 1.54) is 0 Å². The summed E-state index contributed by atoms with van der Waals surface area (Å²) in [5.41, 5.74) is 1.51. The van der Waals surface area contributed by atoms with Crippen LogP contribution in [0.1, 0.15) is 49.8 Å². The van der Waals surface area contributed by atoms with Crippen LogP contribution in [0.5, 0.6) is 0 Å². The molecule has 1 aromatic heterocycles. The lowest BCUT2D eigenvalue weighted by atomic mass is 9.92. The third kappa shape index (κ3) is 3.15. The molecule has 0 bridgehead atoms. The van der Waals surface area contributed by atoms with Gasteiger partial charge in [-0.15, -0.1) is 0 Å². The third-order valence-electron chi connectivity index (χ3n) is 3.72. The second-order valence-electron chi connectivity index (χ2n) is 6.30. The number of likely N-dealkylation sites (tertiary alicyclic amines) is 1. The summed E-state index contributed by atoms with van der Waals surface area (Å²) >= 11 is 0. The quantitative estimate of drug-likeness (QED) is 0.851. The predicted molar refractivity (Wildman–Crippen MR) is 75.3 cm³/mol. The number of carbonyl (C=O) groups excluding carboxylic acids is 1. The summed E-state index contributed by atoms with van der Waals surface area (Å²) in [4.78, 5) is 14.3. The molecule has 1 amide bonds. The Kier molecular flexibility index (Phi) is 3.94. The Morgan fingerprint density at radius 3 is 2.84 bits per heavy atom. The van der Waals surface area contributed by atoms with Crippen molar-refractivity contribution in [2.24, 2.45) is 0 Å². The van der Waals surface area contributed by atoms with E-state index in [2.05, 4.69) is 36.3 Å². The predicted octanol–water partition coefficient (Wildman–Crippen LogP) is 1.53. The standard InChI is InChI=1S/C14H24N4O/c1-14(2,3)12-8-11(16-17-12)13(19)18-7-5-6-10(9-18)15-4/h8,10,15H,5-7,9H2,1-4H3,(H,16,17). The number of hydrogen-bond acceptors (Lipinski definition) is 3. The van der Waals surface area contributed by atoms with Gasteiger partial charge in [-0.05, 0) is 26.0 Å². The number of nitrogens with zero attached hydrogens (tertiary/aromatic N) is 2. The Labute approximate surface area is 114 Å². The molecule has 1 atom stereocenters. The molecule has 2 heterocycles. The van der Waals surface area contributed by atoms with E-state index < -0.39 is 0 Å². The van der Waals surface area contributed by atoms with Crippen LogP contribution in [-0.4, -0.2) is 47.2 Å². The van der Waals surface area contributed by atoms with E-state index in [1.807, 2.05) is 18.0 Å². The first-order valence-electron chi connectivity index (χ1n) is 6.94. The first-order valence-corrected chi connectivity index (χ1v) is 6.94. The highest BCUT2D eigenvalue weighted by Gasteiger charge is 2.26. The van der Waals surface area contributed by atoms with Crippen LogP contribution in [0.3, 0.4) is 0 Å². The van der Waals surface area contributed by atoms with E-state index in [1.54, 1.807) is 0 Å². The third-order valence-corrected chi connectivity index (χ3v) is 3.72. The fourth-order valence-electron chi connectivity index (χ4n) is 2.37. The normalized spacial score (nSPS) is 20.6. The molecular formula is C14H24N4O. The number of piperidine rings is 1. The molecule has 5 heteroatoms. The first kappa shape index (κ1) is 14.1. The Morgan fingerprint density at radius 1 is 1.53 bits per heavy atom. The molecule has 0 spiro atoms. The van der Waals surface area contributed by atoms with Crippen LogP contribution < -0.4 is 5.32 Å². The highest BCUT2D eigenvalue weighted by molar-refractivity contribution is 5.92. The van der Waals surface area contributed by atoms with Crippen molar-refractivity contribution in [2.75, 3.05) is 20.1 Å². The van der Waals surface area contributed by atoms with Crippen LogP contribution in [0.15, 0.2) is 6.07 Å². The van der Waals surface area contributed by atoms with E-state index in [-0.39, 0.29) is 11.3 Å². The fourth-order valence-corrected chi connectivity index (χ4v) is 2.37. The van der Waals surface area contributed by atoms with E-state index in [9.17, 15) is 4.79 Å². The summed E-state index contributed by atoms with van der Waals surface area (Å²) in [7, 11) is 1.95. The number of hydrogen-bond donors (Lipinski definition) is 2. The molecular weight excluding hydrogens is 240 g/mol. The second-order valence-corrected chi connectivity index (χ2v) is 6.30. The van der Waals surface area contributed by atoms with E-state index in [4.69, 9.17) is 0 Å². The van der Waals surface area contributed by atoms with Gasteiger partial charge in [0.05, 0.1) is 0 Å². The van der Waals surface area contributed by atoms with Crippen LogP contribution in [-0.2, 0) is 5.41 Å². The number of H-pyrrole nitrogens is 1. The SMILES string of the molecule is CNC1CCCN(C(=O)c2cc(C(C)(C)C)[nH]n2)C1. The lowest BCUT2D eigenvalue weighted by molar-refractivity contribution is 0.0692. The molecule has 1 fully saturated rings. The van der Waals surface area contributed by atoms with Crippen molar-refractivity contribution in [2.45, 2.75) is 45.1 Å². The zero-order valence-electron chi connectivity index (χ0n) is 12.3. The van der Waals surface area contributed by atoms with Crippen molar-refractivity contribution in [3.63, 3.8) is 0 Å². The van der Waals surface area contributed by atoms with E-state index in [0.717, 1.165) is 31.6 Å². The number of nitrogens with one attached hydrogen (secondary N) is 2. The Balaban J connectivity index is 2.09. The van der Waals surface area contributed by atoms with Crippen molar-refractivity contribution in [3.8, 4) is 0 Å². The number of aromatic nitrogens is 2. The average Bonchev–Trinajstić information content (AvgIpc) is 2.87. The van der Waals surface area contributed by atoms with Gasteiger partial charge < -0.3 is 10.2 Å². The Bertz CT molecular complexity index is 447. The maximum Gasteiger partial charge on any atom is 0.274 e. The number of likely N-dealkylation sites (N-methyl/N-ethyl adjacent to an activating group) is 1. The molecule has 1 unspecified atom stereocenters. The van der Waals surface area contributed by atoms with Gasteiger partial charge in [-0.2, -0.15) is 5.10 Å². The van der Waals surface area contributed by atoms with Gasteiger partial charge in [0, 0.05) is 30.2 Å². The topological polar surface area (TPSA) is 61.0 Å². The molecule has 19 heavy (non-hydrogen) atoms. The Hall–Kier alpha value is -1.36. The average molecular weight is 264 g/mol. The molecule has 1 aromatic rings. The molecule has 0 radical (unpaired) electrons. The fraction of sp³-hybridized carbons (Fsp3) is 0.714. The molecule has 2 N–H and O–H groups in total. The van der Waals surface area contributed by atoms with Crippen molar-refractivity contribution in [1.29, 1.82) is 0 Å². The molecule has 1 saturated heterocycles. The summed E-state index contributed by atoms with van der Waals surface area (Å²) in [5.74, 6) is 0.0340. The minimum absolute atomic E-state index is 0.0130. The minimum Gasteiger partial charge on any atom is -0.336 e. The maximum atomic E-state index is 12.4. The van der Waals surface area contributed by atoms with Crippen LogP contribution in [0.4, 0.5) is 0 Å². The van der Waals surface area contributed by atoms with Gasteiger partial charge in [0.25, 0.3) is 5.91 Å². The highest BCUT2D eigenvalue weighted by Crippen LogP contribution is 2.21. The summed E-state index contributed by atoms with van der Waals surface area (Å²) in [6, 6.07) is 2.28. The van der Waals surface area contributed by atoms with Crippen LogP contribution >= 0.6 is 0 Å². The molecule has 2 rings (SSSR count). The minimum atomic E-state index is -0.0130. The molecule has 5 nitrogen and oxygen atoms in total. The van der Waals surface area contributed by atoms with Gasteiger partial charge in [-0.3, -0.25) is 9.89 Å². The molecule has 1 aliphatic rings. The lowest BCUT2D eigenvalue weighted by Crippen LogP contribution is -2.47. The smallest absolute Gasteiger partial charge is 0.274 e. The van der Waals surface area contributed by atoms with Crippen LogP contribution in [0, 0.1) is 0 Å². The van der Waals surface area contributed by atoms with Gasteiger partial charge in [-0.1, -0.05) is 20.8 Å². The zero-order chi connectivity index (χ0) is 14.0. The van der Waals surface area contributed by atoms with Crippen molar-refractivity contribution >= 4 is 5.91 Å². The van der Waals surface area contributed by atoms with Crippen molar-refractivity contribution in [1.82, 2.24) is 20.4 Å². The molecule has 0 saturated carbocycles. The largest absolute Gasteiger partial charge is 0.336 e. The number of aromatic amines is 1. The lowest BCUT2D eigenvalue weighted by Gasteiger charge is -2.32. The highest BCUT2D eigenvalue weighted by atomic mass is 16.2. The van der Waals surface area contributed by atoms with E-state index in [0.29, 0.717) is 11.7 Å². The second kappa shape index (κ2) is 5.33. The molecule has 106 valence electrons. The summed E-state index contributed by atoms with van der Waals surface area (Å²) in [6.45, 7) is 7.91. The summed E-state index contributed by atoms with van der Waals surface area (Å²) < 4.78 is 0. The van der Waals surface area contributed by atoms with Crippen molar-refractivity contribution in [3.05, 3.63) is 17.5 Å².